The van der Waals surface area contributed by atoms with Crippen LogP contribution in [0.15, 0.2) is 12.2 Å². The normalized spacial score (nSPS) is 39.3. The Bertz CT molecular complexity index is 656. The zero-order valence-corrected chi connectivity index (χ0v) is 18.2. The van der Waals surface area contributed by atoms with Crippen molar-refractivity contribution in [1.82, 2.24) is 4.90 Å². The molecule has 4 rings (SSSR count). The van der Waals surface area contributed by atoms with Gasteiger partial charge in [-0.2, -0.15) is 0 Å². The second-order valence-electron chi connectivity index (χ2n) is 9.75. The van der Waals surface area contributed by atoms with Gasteiger partial charge in [0, 0.05) is 30.3 Å². The second kappa shape index (κ2) is 7.63. The number of hydrogen-bond acceptors (Lipinski definition) is 6. The summed E-state index contributed by atoms with van der Waals surface area (Å²) in [7, 11) is 0. The van der Waals surface area contributed by atoms with Gasteiger partial charge in [-0.15, -0.1) is 0 Å². The maximum Gasteiger partial charge on any atom is 0.306 e. The fourth-order valence-corrected chi connectivity index (χ4v) is 6.22. The minimum atomic E-state index is -0.969. The molecule has 0 aromatic heterocycles. The van der Waals surface area contributed by atoms with Gasteiger partial charge in [-0.25, -0.2) is 0 Å². The van der Waals surface area contributed by atoms with Crippen LogP contribution < -0.4 is 0 Å². The van der Waals surface area contributed by atoms with Gasteiger partial charge in [-0.1, -0.05) is 12.2 Å². The van der Waals surface area contributed by atoms with Crippen molar-refractivity contribution in [3.8, 4) is 0 Å². The van der Waals surface area contributed by atoms with E-state index in [4.69, 9.17) is 14.2 Å². The van der Waals surface area contributed by atoms with Crippen LogP contribution >= 0.6 is 0 Å². The molecule has 0 aromatic carbocycles. The number of nitrogens with zero attached hydrogens (tertiary/aromatic N) is 1. The summed E-state index contributed by atoms with van der Waals surface area (Å²) < 4.78 is 17.6. The molecule has 1 unspecified atom stereocenters. The molecule has 2 saturated carbocycles. The lowest BCUT2D eigenvalue weighted by molar-refractivity contribution is -0.295. The summed E-state index contributed by atoms with van der Waals surface area (Å²) in [6, 6.07) is -0.00278. The van der Waals surface area contributed by atoms with Crippen LogP contribution in [0, 0.1) is 17.3 Å². The lowest BCUT2D eigenvalue weighted by Gasteiger charge is -2.64. The Kier molecular flexibility index (Phi) is 5.60. The summed E-state index contributed by atoms with van der Waals surface area (Å²) in [5, 5.41) is 12.3. The summed E-state index contributed by atoms with van der Waals surface area (Å²) in [6.07, 6.45) is 4.65. The van der Waals surface area contributed by atoms with Crippen molar-refractivity contribution >= 4 is 5.97 Å². The summed E-state index contributed by atoms with van der Waals surface area (Å²) in [4.78, 5) is 14.8. The molecule has 2 heterocycles. The van der Waals surface area contributed by atoms with Crippen molar-refractivity contribution in [3.05, 3.63) is 12.2 Å². The number of aliphatic hydroxyl groups is 1. The number of carbonyl (C=O) groups excluding carboxylic acids is 1. The fraction of sp³-hybridized carbons (Fsp3) is 0.870. The largest absolute Gasteiger partial charge is 0.466 e. The molecule has 0 aromatic rings. The Balaban J connectivity index is 1.67. The van der Waals surface area contributed by atoms with Gasteiger partial charge in [-0.05, 0) is 58.9 Å². The van der Waals surface area contributed by atoms with Gasteiger partial charge >= 0.3 is 5.97 Å². The average molecular weight is 408 g/mol. The molecule has 4 aliphatic rings. The highest BCUT2D eigenvalue weighted by molar-refractivity contribution is 5.70. The van der Waals surface area contributed by atoms with E-state index in [2.05, 4.69) is 18.4 Å². The van der Waals surface area contributed by atoms with Gasteiger partial charge in [0.05, 0.1) is 31.8 Å². The first kappa shape index (κ1) is 21.3. The van der Waals surface area contributed by atoms with Crippen molar-refractivity contribution in [2.75, 3.05) is 32.9 Å². The van der Waals surface area contributed by atoms with Crippen molar-refractivity contribution in [1.29, 1.82) is 0 Å². The monoisotopic (exact) mass is 407 g/mol. The number of likely N-dealkylation sites (tertiary alicyclic amines) is 1. The second-order valence-corrected chi connectivity index (χ2v) is 9.75. The predicted molar refractivity (Wildman–Crippen MR) is 109 cm³/mol. The molecule has 2 aliphatic heterocycles. The number of carbonyl (C=O) groups is 1. The Labute approximate surface area is 174 Å². The zero-order valence-electron chi connectivity index (χ0n) is 18.2. The predicted octanol–water partition coefficient (Wildman–Crippen LogP) is 2.89. The van der Waals surface area contributed by atoms with Crippen molar-refractivity contribution in [2.45, 2.75) is 76.7 Å². The fourth-order valence-electron chi connectivity index (χ4n) is 6.22. The van der Waals surface area contributed by atoms with E-state index in [0.717, 1.165) is 31.0 Å². The topological polar surface area (TPSA) is 68.2 Å². The molecule has 6 nitrogen and oxygen atoms in total. The number of rotatable bonds is 6. The molecule has 2 aliphatic carbocycles. The Hall–Kier alpha value is -0.950. The van der Waals surface area contributed by atoms with E-state index < -0.39 is 16.8 Å². The highest BCUT2D eigenvalue weighted by Gasteiger charge is 2.68. The maximum absolute atomic E-state index is 12.4. The van der Waals surface area contributed by atoms with Crippen LogP contribution in [0.2, 0.25) is 0 Å². The van der Waals surface area contributed by atoms with Crippen LogP contribution in [0.3, 0.4) is 0 Å². The van der Waals surface area contributed by atoms with Gasteiger partial charge in [0.2, 0.25) is 0 Å². The minimum Gasteiger partial charge on any atom is -0.466 e. The van der Waals surface area contributed by atoms with Crippen LogP contribution in [0.25, 0.3) is 0 Å². The van der Waals surface area contributed by atoms with Crippen LogP contribution in [0.1, 0.15) is 59.3 Å². The zero-order chi connectivity index (χ0) is 20.9. The van der Waals surface area contributed by atoms with Crippen molar-refractivity contribution < 1.29 is 24.1 Å². The van der Waals surface area contributed by atoms with Gasteiger partial charge in [-0.3, -0.25) is 9.69 Å². The number of piperidine rings is 1. The molecule has 1 N–H and O–H groups in total. The van der Waals surface area contributed by atoms with E-state index in [0.29, 0.717) is 32.7 Å². The van der Waals surface area contributed by atoms with E-state index in [1.807, 2.05) is 13.8 Å². The molecule has 29 heavy (non-hydrogen) atoms. The molecule has 164 valence electrons. The lowest BCUT2D eigenvalue weighted by atomic mass is 9.50. The Morgan fingerprint density at radius 2 is 2.00 bits per heavy atom. The summed E-state index contributed by atoms with van der Waals surface area (Å²) >= 11 is 0. The molecular weight excluding hydrogens is 370 g/mol. The van der Waals surface area contributed by atoms with E-state index in [-0.39, 0.29) is 24.3 Å². The van der Waals surface area contributed by atoms with Crippen LogP contribution in [0.4, 0.5) is 0 Å². The van der Waals surface area contributed by atoms with E-state index in [1.165, 1.54) is 12.8 Å². The average Bonchev–Trinajstić information content (AvgIpc) is 3.36. The molecule has 4 atom stereocenters. The molecule has 0 amide bonds. The molecule has 0 bridgehead atoms. The van der Waals surface area contributed by atoms with Crippen molar-refractivity contribution in [3.63, 3.8) is 0 Å². The number of hydrogen-bond donors (Lipinski definition) is 1. The minimum absolute atomic E-state index is 0.00278. The number of esters is 1. The summed E-state index contributed by atoms with van der Waals surface area (Å²) in [6.45, 7) is 13.7. The maximum atomic E-state index is 12.4. The third-order valence-corrected chi connectivity index (χ3v) is 8.12. The molecule has 1 spiro atoms. The van der Waals surface area contributed by atoms with E-state index in [9.17, 15) is 9.90 Å². The highest BCUT2D eigenvalue weighted by atomic mass is 16.7. The van der Waals surface area contributed by atoms with Gasteiger partial charge in [0.1, 0.15) is 0 Å². The number of fused-ring (bicyclic) bond motifs is 1. The van der Waals surface area contributed by atoms with Gasteiger partial charge in [0.25, 0.3) is 0 Å². The van der Waals surface area contributed by atoms with Crippen molar-refractivity contribution in [2.24, 2.45) is 17.3 Å². The first-order chi connectivity index (χ1) is 13.8. The summed E-state index contributed by atoms with van der Waals surface area (Å²) in [5.74, 6) is -0.549. The smallest absolute Gasteiger partial charge is 0.306 e. The Morgan fingerprint density at radius 3 is 2.59 bits per heavy atom. The number of ether oxygens (including phenoxy) is 3. The third-order valence-electron chi connectivity index (χ3n) is 8.12. The van der Waals surface area contributed by atoms with Crippen LogP contribution in [0.5, 0.6) is 0 Å². The molecule has 6 heteroatoms. The van der Waals surface area contributed by atoms with Crippen LogP contribution in [-0.2, 0) is 19.0 Å². The first-order valence-corrected chi connectivity index (χ1v) is 11.3. The third kappa shape index (κ3) is 3.46. The quantitative estimate of drug-likeness (QED) is 0.539. The standard InChI is InChI=1S/C23H37NO5/c1-5-27-20(25)12-19-13-22(26)17(4)24(14-18-6-7-18)9-8-21(22,16(2)3)15-23(19)28-10-11-29-23/h17-19,26H,2,5-15H2,1,3-4H3/t17-,19?,21-,22-/m1/s1. The van der Waals surface area contributed by atoms with Crippen LogP contribution in [-0.4, -0.2) is 66.3 Å². The Morgan fingerprint density at radius 1 is 1.31 bits per heavy atom. The molecule has 0 radical (unpaired) electrons. The van der Waals surface area contributed by atoms with E-state index >= 15 is 0 Å². The van der Waals surface area contributed by atoms with Gasteiger partial charge in [0.15, 0.2) is 5.79 Å². The summed E-state index contributed by atoms with van der Waals surface area (Å²) in [5.41, 5.74) is -0.447. The van der Waals surface area contributed by atoms with E-state index in [1.54, 1.807) is 0 Å². The molecular formula is C23H37NO5. The first-order valence-electron chi connectivity index (χ1n) is 11.3. The lowest BCUT2D eigenvalue weighted by Crippen LogP contribution is -2.72. The molecule has 4 fully saturated rings. The SMILES string of the molecule is C=C(C)[C@]12CCN(CC3CC3)[C@H](C)[C@]1(O)CC(CC(=O)OCC)C1(C2)OCCO1. The molecule has 2 saturated heterocycles. The highest BCUT2D eigenvalue weighted by Crippen LogP contribution is 2.62. The van der Waals surface area contributed by atoms with Gasteiger partial charge < -0.3 is 19.3 Å².